The van der Waals surface area contributed by atoms with E-state index in [9.17, 15) is 22.8 Å². The van der Waals surface area contributed by atoms with Gasteiger partial charge in [0, 0.05) is 16.4 Å². The Morgan fingerprint density at radius 2 is 0.889 bits per heavy atom. The van der Waals surface area contributed by atoms with Gasteiger partial charge in [0.15, 0.2) is 0 Å². The summed E-state index contributed by atoms with van der Waals surface area (Å²) < 4.78 is 36.5. The van der Waals surface area contributed by atoms with E-state index in [0.29, 0.717) is 29.0 Å². The minimum Gasteiger partial charge on any atom is -0.465 e. The second-order valence-corrected chi connectivity index (χ2v) is 11.6. The molecule has 0 aromatic heterocycles. The number of carbonyl (C=O) groups is 3. The maximum Gasteiger partial charge on any atom is 0.339 e. The highest BCUT2D eigenvalue weighted by atomic mass is 35.7. The van der Waals surface area contributed by atoms with Crippen molar-refractivity contribution in [1.82, 2.24) is 0 Å². The number of nitrogen functional groups attached to an aromatic ring is 1. The molecule has 0 saturated heterocycles. The maximum absolute atomic E-state index is 11.4. The summed E-state index contributed by atoms with van der Waals surface area (Å²) in [6.07, 6.45) is 0. The number of esters is 3. The van der Waals surface area contributed by atoms with Crippen LogP contribution in [0.1, 0.15) is 94.9 Å². The van der Waals surface area contributed by atoms with E-state index in [1.807, 2.05) is 54.5 Å². The van der Waals surface area contributed by atoms with Crippen molar-refractivity contribution in [3.8, 4) is 0 Å². The van der Waals surface area contributed by atoms with Gasteiger partial charge in [-0.1, -0.05) is 65.8 Å². The number of benzene rings is 3. The van der Waals surface area contributed by atoms with Gasteiger partial charge in [-0.3, -0.25) is 0 Å². The Morgan fingerprint density at radius 1 is 0.556 bits per heavy atom. The van der Waals surface area contributed by atoms with Crippen LogP contribution in [0.3, 0.4) is 0 Å². The molecule has 0 spiro atoms. The SMILES string of the molecule is CC.CC.CC.COOCc1ccc(C(=O)OC)c(C)c1.COOCc1ccc(C(=O)OC)c(N)c1.COOCc1ccc(C(=O)OC)c(S(=O)(=O)Cl)c1. The van der Waals surface area contributed by atoms with Crippen molar-refractivity contribution in [2.45, 2.75) is 73.2 Å². The Hall–Kier alpha value is -4.13. The highest BCUT2D eigenvalue weighted by Gasteiger charge is 2.22. The summed E-state index contributed by atoms with van der Waals surface area (Å²) in [6.45, 7) is 14.5. The molecule has 0 atom stereocenters. The average Bonchev–Trinajstić information content (AvgIpc) is 3.20. The monoisotopic (exact) mass is 805 g/mol. The van der Waals surface area contributed by atoms with E-state index >= 15 is 0 Å². The van der Waals surface area contributed by atoms with Gasteiger partial charge in [-0.2, -0.15) is 0 Å². The summed E-state index contributed by atoms with van der Waals surface area (Å²) in [6, 6.07) is 14.4. The van der Waals surface area contributed by atoms with Gasteiger partial charge in [0.1, 0.15) is 19.8 Å². The highest BCUT2D eigenvalue weighted by Crippen LogP contribution is 2.23. The zero-order chi connectivity index (χ0) is 42.3. The largest absolute Gasteiger partial charge is 0.465 e. The topological polar surface area (TPSA) is 194 Å². The minimum absolute atomic E-state index is 0.0252. The number of aryl methyl sites for hydroxylation is 1. The van der Waals surface area contributed by atoms with Crippen molar-refractivity contribution in [3.05, 3.63) is 93.5 Å². The van der Waals surface area contributed by atoms with E-state index in [1.54, 1.807) is 30.3 Å². The van der Waals surface area contributed by atoms with Crippen LogP contribution in [0.5, 0.6) is 0 Å². The number of methoxy groups -OCH3 is 3. The molecular weight excluding hydrogens is 750 g/mol. The lowest BCUT2D eigenvalue weighted by Crippen LogP contribution is -2.08. The molecule has 0 aliphatic rings. The number of ether oxygens (including phenoxy) is 3. The van der Waals surface area contributed by atoms with Crippen molar-refractivity contribution in [3.63, 3.8) is 0 Å². The minimum atomic E-state index is -4.06. The molecule has 306 valence electrons. The van der Waals surface area contributed by atoms with E-state index in [2.05, 4.69) is 33.8 Å². The van der Waals surface area contributed by atoms with Gasteiger partial charge in [0.05, 0.1) is 64.2 Å². The lowest BCUT2D eigenvalue weighted by Gasteiger charge is -2.07. The standard InChI is InChI=1S/C11H14O4.C10H11ClO6S.C10H13NO4.3C2H6/c1-8-6-9(7-15-14-3)4-5-10(8)11(12)13-2;1-15-10(12)8-4-3-7(6-17-16-2)5-9(8)18(11,13)14;1-13-10(12)8-4-3-7(5-9(8)11)6-15-14-2;3*1-2/h4-6H,7H2,1-3H3;3-5H,6H2,1-2H3;3-5H,6,11H2,1-2H3;3*1-2H3. The van der Waals surface area contributed by atoms with Gasteiger partial charge < -0.3 is 19.9 Å². The first-order valence-corrected chi connectivity index (χ1v) is 18.9. The summed E-state index contributed by atoms with van der Waals surface area (Å²) >= 11 is 0. The molecule has 0 heterocycles. The number of hydrogen-bond donors (Lipinski definition) is 1. The summed E-state index contributed by atoms with van der Waals surface area (Å²) in [7, 11) is 9.22. The van der Waals surface area contributed by atoms with E-state index in [-0.39, 0.29) is 29.6 Å². The van der Waals surface area contributed by atoms with Crippen LogP contribution >= 0.6 is 10.7 Å². The molecule has 0 amide bonds. The van der Waals surface area contributed by atoms with Crippen LogP contribution in [0.25, 0.3) is 0 Å². The highest BCUT2D eigenvalue weighted by molar-refractivity contribution is 8.13. The molecule has 2 N–H and O–H groups in total. The molecule has 0 aliphatic heterocycles. The van der Waals surface area contributed by atoms with Crippen LogP contribution < -0.4 is 5.73 Å². The summed E-state index contributed by atoms with van der Waals surface area (Å²) in [5.74, 6) is -1.56. The van der Waals surface area contributed by atoms with E-state index < -0.39 is 21.0 Å². The second-order valence-electron chi connectivity index (χ2n) is 9.10. The number of anilines is 1. The first-order valence-electron chi connectivity index (χ1n) is 16.5. The third-order valence-corrected chi connectivity index (χ3v) is 7.32. The molecule has 0 aliphatic carbocycles. The first-order chi connectivity index (χ1) is 25.8. The first kappa shape index (κ1) is 54.2. The average molecular weight is 806 g/mol. The van der Waals surface area contributed by atoms with Crippen LogP contribution in [0.15, 0.2) is 59.5 Å². The third kappa shape index (κ3) is 20.9. The molecular formula is C37H56ClNO14S. The molecule has 15 nitrogen and oxygen atoms in total. The Morgan fingerprint density at radius 3 is 1.24 bits per heavy atom. The van der Waals surface area contributed by atoms with Crippen molar-refractivity contribution in [1.29, 1.82) is 0 Å². The molecule has 54 heavy (non-hydrogen) atoms. The number of carbonyl (C=O) groups excluding carboxylic acids is 3. The molecule has 0 bridgehead atoms. The Balaban J connectivity index is -0.000000677. The van der Waals surface area contributed by atoms with Gasteiger partial charge in [0.25, 0.3) is 9.05 Å². The molecule has 3 aromatic carbocycles. The second kappa shape index (κ2) is 32.3. The van der Waals surface area contributed by atoms with Crippen molar-refractivity contribution >= 4 is 43.3 Å². The third-order valence-electron chi connectivity index (χ3n) is 5.96. The maximum atomic E-state index is 11.4. The van der Waals surface area contributed by atoms with Crippen LogP contribution in [-0.2, 0) is 72.4 Å². The zero-order valence-corrected chi connectivity index (χ0v) is 35.0. The molecule has 3 aromatic rings. The van der Waals surface area contributed by atoms with Crippen LogP contribution in [-0.4, -0.2) is 69.0 Å². The van der Waals surface area contributed by atoms with Gasteiger partial charge in [-0.15, -0.1) is 0 Å². The summed E-state index contributed by atoms with van der Waals surface area (Å²) in [5, 5.41) is 0. The van der Waals surface area contributed by atoms with E-state index in [0.717, 1.165) is 23.8 Å². The lowest BCUT2D eigenvalue weighted by atomic mass is 10.1. The predicted molar refractivity (Wildman–Crippen MR) is 205 cm³/mol. The van der Waals surface area contributed by atoms with Crippen LogP contribution in [0.2, 0.25) is 0 Å². The Labute approximate surface area is 324 Å². The number of halogens is 1. The van der Waals surface area contributed by atoms with Crippen LogP contribution in [0, 0.1) is 6.92 Å². The zero-order valence-electron chi connectivity index (χ0n) is 33.4. The summed E-state index contributed by atoms with van der Waals surface area (Å²) in [5.41, 5.74) is 9.93. The van der Waals surface area contributed by atoms with Crippen molar-refractivity contribution in [2.75, 3.05) is 48.4 Å². The van der Waals surface area contributed by atoms with Gasteiger partial charge in [-0.25, -0.2) is 52.1 Å². The normalized spacial score (nSPS) is 9.67. The Kier molecular flexibility index (Phi) is 32.4. The quantitative estimate of drug-likeness (QED) is 0.0444. The molecule has 17 heteroatoms. The van der Waals surface area contributed by atoms with Gasteiger partial charge in [0.2, 0.25) is 0 Å². The molecule has 3 rings (SSSR count). The molecule has 0 saturated carbocycles. The number of nitrogens with two attached hydrogens (primary N) is 1. The number of rotatable bonds is 13. The van der Waals surface area contributed by atoms with Crippen molar-refractivity contribution in [2.24, 2.45) is 0 Å². The molecule has 0 unspecified atom stereocenters. The fourth-order valence-corrected chi connectivity index (χ4v) is 4.76. The van der Waals surface area contributed by atoms with Gasteiger partial charge >= 0.3 is 17.9 Å². The van der Waals surface area contributed by atoms with E-state index in [1.165, 1.54) is 53.7 Å². The summed E-state index contributed by atoms with van der Waals surface area (Å²) in [4.78, 5) is 61.1. The van der Waals surface area contributed by atoms with E-state index in [4.69, 9.17) is 26.2 Å². The molecule has 0 fully saturated rings. The molecule has 0 radical (unpaired) electrons. The van der Waals surface area contributed by atoms with Gasteiger partial charge in [-0.05, 0) is 59.5 Å². The van der Waals surface area contributed by atoms with Crippen molar-refractivity contribution < 1.29 is 66.3 Å². The Bertz CT molecular complexity index is 1550. The predicted octanol–water partition coefficient (Wildman–Crippen LogP) is 7.55. The fraction of sp³-hybridized carbons (Fsp3) is 0.432. The number of hydrogen-bond acceptors (Lipinski definition) is 15. The smallest absolute Gasteiger partial charge is 0.339 e. The fourth-order valence-electron chi connectivity index (χ4n) is 3.67. The van der Waals surface area contributed by atoms with Crippen LogP contribution in [0.4, 0.5) is 5.69 Å². The lowest BCUT2D eigenvalue weighted by molar-refractivity contribution is -0.282.